The van der Waals surface area contributed by atoms with Crippen LogP contribution in [0.15, 0.2) is 67.3 Å². The predicted molar refractivity (Wildman–Crippen MR) is 99.2 cm³/mol. The van der Waals surface area contributed by atoms with Crippen LogP contribution in [0.2, 0.25) is 0 Å². The minimum atomic E-state index is -0.808. The summed E-state index contributed by atoms with van der Waals surface area (Å²) >= 11 is 0. The summed E-state index contributed by atoms with van der Waals surface area (Å²) in [6.45, 7) is 4.07. The third kappa shape index (κ3) is 2.71. The van der Waals surface area contributed by atoms with Crippen LogP contribution >= 0.6 is 0 Å². The summed E-state index contributed by atoms with van der Waals surface area (Å²) < 4.78 is 1.71. The molecular formula is C21H19N3O. The molecule has 0 aliphatic carbocycles. The predicted octanol–water partition coefficient (Wildman–Crippen LogP) is 4.25. The third-order valence-electron chi connectivity index (χ3n) is 4.55. The molecular weight excluding hydrogens is 310 g/mol. The molecule has 2 heterocycles. The van der Waals surface area contributed by atoms with Crippen molar-refractivity contribution in [2.24, 2.45) is 0 Å². The lowest BCUT2D eigenvalue weighted by Gasteiger charge is -2.20. The molecule has 2 aromatic carbocycles. The van der Waals surface area contributed by atoms with E-state index in [0.29, 0.717) is 0 Å². The molecule has 1 unspecified atom stereocenters. The Balaban J connectivity index is 2.04. The quantitative estimate of drug-likeness (QED) is 0.611. The summed E-state index contributed by atoms with van der Waals surface area (Å²) in [7, 11) is 0. The molecule has 0 aliphatic heterocycles. The Kier molecular flexibility index (Phi) is 3.82. The van der Waals surface area contributed by atoms with Gasteiger partial charge < -0.3 is 9.67 Å². The van der Waals surface area contributed by atoms with Crippen LogP contribution in [0.1, 0.15) is 22.9 Å². The summed E-state index contributed by atoms with van der Waals surface area (Å²) in [6, 6.07) is 16.2. The van der Waals surface area contributed by atoms with E-state index in [2.05, 4.69) is 11.1 Å². The van der Waals surface area contributed by atoms with E-state index in [9.17, 15) is 5.11 Å². The highest BCUT2D eigenvalue weighted by Crippen LogP contribution is 2.34. The molecule has 1 N–H and O–H groups in total. The molecule has 4 aromatic rings. The minimum Gasteiger partial charge on any atom is -0.369 e. The summed E-state index contributed by atoms with van der Waals surface area (Å²) in [5, 5.41) is 12.0. The molecule has 0 amide bonds. The molecule has 0 aliphatic rings. The van der Waals surface area contributed by atoms with Gasteiger partial charge in [-0.05, 0) is 31.5 Å². The van der Waals surface area contributed by atoms with Crippen molar-refractivity contribution in [3.8, 4) is 11.3 Å². The van der Waals surface area contributed by atoms with Gasteiger partial charge in [-0.2, -0.15) is 0 Å². The highest BCUT2D eigenvalue weighted by atomic mass is 16.3. The third-order valence-corrected chi connectivity index (χ3v) is 4.55. The maximum absolute atomic E-state index is 11.0. The van der Waals surface area contributed by atoms with Gasteiger partial charge in [-0.15, -0.1) is 0 Å². The maximum Gasteiger partial charge on any atom is 0.158 e. The van der Waals surface area contributed by atoms with Crippen molar-refractivity contribution < 1.29 is 5.11 Å². The number of aliphatic hydroxyl groups is 1. The monoisotopic (exact) mass is 329 g/mol. The van der Waals surface area contributed by atoms with Crippen LogP contribution in [-0.4, -0.2) is 19.6 Å². The number of aryl methyl sites for hydroxylation is 1. The molecule has 0 saturated heterocycles. The number of imidazole rings is 1. The Bertz CT molecular complexity index is 1020. The van der Waals surface area contributed by atoms with Gasteiger partial charge in [0.2, 0.25) is 0 Å². The van der Waals surface area contributed by atoms with E-state index in [1.165, 1.54) is 0 Å². The second-order valence-electron chi connectivity index (χ2n) is 6.27. The first-order chi connectivity index (χ1) is 12.1. The summed E-state index contributed by atoms with van der Waals surface area (Å²) in [6.07, 6.45) is 4.27. The van der Waals surface area contributed by atoms with E-state index in [-0.39, 0.29) is 0 Å². The number of fused-ring (bicyclic) bond motifs is 1. The molecule has 0 spiro atoms. The summed E-state index contributed by atoms with van der Waals surface area (Å²) in [5.41, 5.74) is 5.80. The van der Waals surface area contributed by atoms with Crippen LogP contribution in [0, 0.1) is 13.8 Å². The highest BCUT2D eigenvalue weighted by Gasteiger charge is 2.20. The molecule has 0 fully saturated rings. The Morgan fingerprint density at radius 3 is 2.56 bits per heavy atom. The van der Waals surface area contributed by atoms with E-state index in [1.54, 1.807) is 23.3 Å². The topological polar surface area (TPSA) is 50.9 Å². The average Bonchev–Trinajstić information content (AvgIpc) is 3.16. The highest BCUT2D eigenvalue weighted by molar-refractivity contribution is 5.88. The zero-order chi connectivity index (χ0) is 17.4. The van der Waals surface area contributed by atoms with Gasteiger partial charge in [0, 0.05) is 28.9 Å². The Hall–Kier alpha value is -2.98. The van der Waals surface area contributed by atoms with Crippen molar-refractivity contribution in [1.29, 1.82) is 0 Å². The Morgan fingerprint density at radius 1 is 1.04 bits per heavy atom. The van der Waals surface area contributed by atoms with Crippen molar-refractivity contribution in [1.82, 2.24) is 14.5 Å². The molecule has 0 radical (unpaired) electrons. The molecule has 0 bridgehead atoms. The van der Waals surface area contributed by atoms with Crippen LogP contribution in [0.25, 0.3) is 22.2 Å². The lowest BCUT2D eigenvalue weighted by molar-refractivity contribution is 0.147. The number of hydrogen-bond donors (Lipinski definition) is 1. The molecule has 4 nitrogen and oxygen atoms in total. The van der Waals surface area contributed by atoms with E-state index in [1.807, 2.05) is 56.3 Å². The van der Waals surface area contributed by atoms with Gasteiger partial charge >= 0.3 is 0 Å². The van der Waals surface area contributed by atoms with Crippen molar-refractivity contribution in [3.63, 3.8) is 0 Å². The average molecular weight is 329 g/mol. The van der Waals surface area contributed by atoms with Crippen molar-refractivity contribution >= 4 is 10.9 Å². The van der Waals surface area contributed by atoms with Gasteiger partial charge in [-0.1, -0.05) is 42.0 Å². The standard InChI is InChI=1S/C21H19N3O/c1-14-8-9-18-17(12-14)19(21(25)24-11-10-22-13-24)15(2)20(23-18)16-6-4-3-5-7-16/h3-13,21,25H,1-2H3. The summed E-state index contributed by atoms with van der Waals surface area (Å²) in [5.74, 6) is 0. The maximum atomic E-state index is 11.0. The summed E-state index contributed by atoms with van der Waals surface area (Å²) in [4.78, 5) is 8.94. The van der Waals surface area contributed by atoms with Crippen LogP contribution in [0.3, 0.4) is 0 Å². The first-order valence-electron chi connectivity index (χ1n) is 8.27. The van der Waals surface area contributed by atoms with Crippen molar-refractivity contribution in [3.05, 3.63) is 83.9 Å². The SMILES string of the molecule is Cc1ccc2nc(-c3ccccc3)c(C)c(C(O)n3ccnc3)c2c1. The van der Waals surface area contributed by atoms with Crippen molar-refractivity contribution in [2.45, 2.75) is 20.1 Å². The number of hydrogen-bond acceptors (Lipinski definition) is 3. The first kappa shape index (κ1) is 15.5. The number of pyridine rings is 1. The smallest absolute Gasteiger partial charge is 0.158 e. The van der Waals surface area contributed by atoms with Gasteiger partial charge in [0.25, 0.3) is 0 Å². The molecule has 0 saturated carbocycles. The second-order valence-corrected chi connectivity index (χ2v) is 6.27. The molecule has 25 heavy (non-hydrogen) atoms. The molecule has 1 atom stereocenters. The van der Waals surface area contributed by atoms with Gasteiger partial charge in [0.05, 0.1) is 17.5 Å². The molecule has 4 rings (SSSR count). The fourth-order valence-electron chi connectivity index (χ4n) is 3.27. The van der Waals surface area contributed by atoms with Crippen LogP contribution in [0.4, 0.5) is 0 Å². The van der Waals surface area contributed by atoms with E-state index >= 15 is 0 Å². The molecule has 4 heteroatoms. The van der Waals surface area contributed by atoms with Crippen molar-refractivity contribution in [2.75, 3.05) is 0 Å². The van der Waals surface area contributed by atoms with E-state index in [0.717, 1.165) is 38.9 Å². The number of aromatic nitrogens is 3. The van der Waals surface area contributed by atoms with Crippen LogP contribution in [-0.2, 0) is 0 Å². The second kappa shape index (κ2) is 6.15. The van der Waals surface area contributed by atoms with E-state index in [4.69, 9.17) is 4.98 Å². The number of nitrogens with zero attached hydrogens (tertiary/aromatic N) is 3. The lowest BCUT2D eigenvalue weighted by Crippen LogP contribution is -2.11. The fourth-order valence-corrected chi connectivity index (χ4v) is 3.27. The minimum absolute atomic E-state index is 0.808. The largest absolute Gasteiger partial charge is 0.369 e. The van der Waals surface area contributed by atoms with Crippen LogP contribution < -0.4 is 0 Å². The number of rotatable bonds is 3. The molecule has 2 aromatic heterocycles. The van der Waals surface area contributed by atoms with Gasteiger partial charge in [-0.25, -0.2) is 9.97 Å². The Morgan fingerprint density at radius 2 is 1.84 bits per heavy atom. The van der Waals surface area contributed by atoms with Gasteiger partial charge in [0.1, 0.15) is 0 Å². The molecule has 124 valence electrons. The zero-order valence-electron chi connectivity index (χ0n) is 14.2. The fraction of sp³-hybridized carbons (Fsp3) is 0.143. The Labute approximate surface area is 146 Å². The number of aliphatic hydroxyl groups excluding tert-OH is 1. The van der Waals surface area contributed by atoms with Gasteiger partial charge in [-0.3, -0.25) is 0 Å². The lowest BCUT2D eigenvalue weighted by atomic mass is 9.95. The van der Waals surface area contributed by atoms with E-state index < -0.39 is 6.23 Å². The van der Waals surface area contributed by atoms with Crippen LogP contribution in [0.5, 0.6) is 0 Å². The first-order valence-corrected chi connectivity index (χ1v) is 8.27. The zero-order valence-corrected chi connectivity index (χ0v) is 14.2. The normalized spacial score (nSPS) is 12.4. The number of benzene rings is 2. The van der Waals surface area contributed by atoms with Gasteiger partial charge in [0.15, 0.2) is 6.23 Å².